The predicted molar refractivity (Wildman–Crippen MR) is 100 cm³/mol. The average molecular weight is 420 g/mol. The molecule has 7 heteroatoms. The maximum atomic E-state index is 14.2. The van der Waals surface area contributed by atoms with E-state index in [1.54, 1.807) is 0 Å². The minimum atomic E-state index is -4.44. The molecule has 1 aliphatic rings. The molecule has 0 spiro atoms. The van der Waals surface area contributed by atoms with Crippen molar-refractivity contribution in [1.29, 1.82) is 0 Å². The molecular formula is C22H26F6O. The number of benzene rings is 1. The number of allylic oxidation sites excluding steroid dienone is 4. The van der Waals surface area contributed by atoms with E-state index in [-0.39, 0.29) is 31.4 Å². The van der Waals surface area contributed by atoms with Crippen LogP contribution in [0.2, 0.25) is 0 Å². The smallest absolute Gasteiger partial charge is 0.369 e. The fourth-order valence-corrected chi connectivity index (χ4v) is 3.25. The molecule has 162 valence electrons. The van der Waals surface area contributed by atoms with E-state index in [0.29, 0.717) is 12.0 Å². The first-order chi connectivity index (χ1) is 13.7. The van der Waals surface area contributed by atoms with Crippen molar-refractivity contribution in [3.63, 3.8) is 0 Å². The van der Waals surface area contributed by atoms with Crippen LogP contribution in [0.4, 0.5) is 26.3 Å². The first kappa shape index (κ1) is 23.4. The lowest BCUT2D eigenvalue weighted by Crippen LogP contribution is -2.45. The second kappa shape index (κ2) is 9.72. The van der Waals surface area contributed by atoms with Gasteiger partial charge in [0.1, 0.15) is 0 Å². The van der Waals surface area contributed by atoms with Crippen molar-refractivity contribution >= 4 is 0 Å². The van der Waals surface area contributed by atoms with Crippen LogP contribution in [0.1, 0.15) is 57.1 Å². The maximum absolute atomic E-state index is 14.2. The van der Waals surface area contributed by atoms with Crippen LogP contribution < -0.4 is 0 Å². The third-order valence-electron chi connectivity index (χ3n) is 5.06. The normalized spacial score (nSPS) is 17.7. The van der Waals surface area contributed by atoms with Crippen molar-refractivity contribution < 1.29 is 31.1 Å². The van der Waals surface area contributed by atoms with Crippen LogP contribution in [0.15, 0.2) is 35.6 Å². The Hall–Kier alpha value is -1.92. The Morgan fingerprint density at radius 1 is 0.793 bits per heavy atom. The second-order valence-electron chi connectivity index (χ2n) is 7.15. The molecule has 0 aliphatic heterocycles. The minimum Gasteiger partial charge on any atom is -0.491 e. The number of aryl methyl sites for hydroxylation is 2. The third kappa shape index (κ3) is 4.98. The summed E-state index contributed by atoms with van der Waals surface area (Å²) >= 11 is 0. The molecule has 1 nitrogen and oxygen atoms in total. The van der Waals surface area contributed by atoms with Gasteiger partial charge in [0.25, 0.3) is 0 Å². The molecule has 1 aromatic carbocycles. The lowest BCUT2D eigenvalue weighted by Gasteiger charge is -2.32. The molecule has 0 radical (unpaired) electrons. The molecule has 0 fully saturated rings. The van der Waals surface area contributed by atoms with Crippen molar-refractivity contribution in [3.05, 3.63) is 58.4 Å². The number of rotatable bonds is 10. The quantitative estimate of drug-likeness (QED) is 0.288. The van der Waals surface area contributed by atoms with Gasteiger partial charge < -0.3 is 4.74 Å². The zero-order chi connectivity index (χ0) is 21.7. The molecule has 29 heavy (non-hydrogen) atoms. The molecule has 0 aromatic heterocycles. The van der Waals surface area contributed by atoms with Crippen molar-refractivity contribution in [1.82, 2.24) is 0 Å². The van der Waals surface area contributed by atoms with Crippen LogP contribution >= 0.6 is 0 Å². The van der Waals surface area contributed by atoms with Gasteiger partial charge in [-0.2, -0.15) is 17.6 Å². The van der Waals surface area contributed by atoms with Crippen LogP contribution in [0.25, 0.3) is 0 Å². The van der Waals surface area contributed by atoms with Crippen LogP contribution in [0.5, 0.6) is 0 Å². The van der Waals surface area contributed by atoms with E-state index in [4.69, 9.17) is 4.74 Å². The number of hydrogen-bond donors (Lipinski definition) is 0. The molecule has 0 atom stereocenters. The summed E-state index contributed by atoms with van der Waals surface area (Å²) in [6, 6.07) is 3.00. The number of alkyl halides is 4. The van der Waals surface area contributed by atoms with Gasteiger partial charge in [0.15, 0.2) is 17.4 Å². The summed E-state index contributed by atoms with van der Waals surface area (Å²) in [7, 11) is 0. The van der Waals surface area contributed by atoms with E-state index in [1.165, 1.54) is 19.1 Å². The highest BCUT2D eigenvalue weighted by molar-refractivity contribution is 5.35. The van der Waals surface area contributed by atoms with Crippen molar-refractivity contribution in [3.8, 4) is 0 Å². The van der Waals surface area contributed by atoms with Crippen molar-refractivity contribution in [2.45, 2.75) is 70.6 Å². The van der Waals surface area contributed by atoms with Gasteiger partial charge in [0.2, 0.25) is 0 Å². The highest BCUT2D eigenvalue weighted by Crippen LogP contribution is 2.48. The Kier molecular flexibility index (Phi) is 7.83. The van der Waals surface area contributed by atoms with Gasteiger partial charge >= 0.3 is 11.8 Å². The van der Waals surface area contributed by atoms with Gasteiger partial charge in [0.05, 0.1) is 6.61 Å². The van der Waals surface area contributed by atoms with E-state index >= 15 is 0 Å². The number of hydrogen-bond acceptors (Lipinski definition) is 1. The largest absolute Gasteiger partial charge is 0.491 e. The van der Waals surface area contributed by atoms with Gasteiger partial charge in [-0.05, 0) is 49.3 Å². The van der Waals surface area contributed by atoms with E-state index in [2.05, 4.69) is 0 Å². The van der Waals surface area contributed by atoms with Gasteiger partial charge in [-0.25, -0.2) is 8.78 Å². The van der Waals surface area contributed by atoms with Crippen LogP contribution in [-0.2, 0) is 17.6 Å². The number of halogens is 6. The monoisotopic (exact) mass is 420 g/mol. The molecule has 1 aromatic rings. The predicted octanol–water partition coefficient (Wildman–Crippen LogP) is 7.15. The average Bonchev–Trinajstić information content (AvgIpc) is 2.67. The Morgan fingerprint density at radius 2 is 1.38 bits per heavy atom. The zero-order valence-electron chi connectivity index (χ0n) is 16.6. The van der Waals surface area contributed by atoms with Crippen LogP contribution in [-0.4, -0.2) is 18.5 Å². The Morgan fingerprint density at radius 3 is 1.93 bits per heavy atom. The molecule has 2 rings (SSSR count). The zero-order valence-corrected chi connectivity index (χ0v) is 16.6. The fraction of sp³-hybridized carbons (Fsp3) is 0.545. The summed E-state index contributed by atoms with van der Waals surface area (Å²) in [5.74, 6) is -11.7. The van der Waals surface area contributed by atoms with Crippen molar-refractivity contribution in [2.75, 3.05) is 6.61 Å². The molecule has 0 saturated heterocycles. The minimum absolute atomic E-state index is 0.0449. The Bertz CT molecular complexity index is 767. The molecule has 0 N–H and O–H groups in total. The SMILES string of the molecule is CCCCCc1ccc(CCCOC2=CC=C(CC)C(F)(F)C2(F)F)c(F)c1F. The Balaban J connectivity index is 1.95. The molecular weight excluding hydrogens is 394 g/mol. The Labute approximate surface area is 167 Å². The van der Waals surface area contributed by atoms with Gasteiger partial charge in [0, 0.05) is 5.57 Å². The number of ether oxygens (including phenoxy) is 1. The first-order valence-corrected chi connectivity index (χ1v) is 9.92. The summed E-state index contributed by atoms with van der Waals surface area (Å²) < 4.78 is 89.1. The molecule has 0 unspecified atom stereocenters. The van der Waals surface area contributed by atoms with Gasteiger partial charge in [-0.3, -0.25) is 0 Å². The summed E-state index contributed by atoms with van der Waals surface area (Å²) in [6.07, 6.45) is 4.82. The summed E-state index contributed by atoms with van der Waals surface area (Å²) in [5, 5.41) is 0. The van der Waals surface area contributed by atoms with Gasteiger partial charge in [-0.1, -0.05) is 44.9 Å². The maximum Gasteiger partial charge on any atom is 0.369 e. The molecule has 0 bridgehead atoms. The molecule has 0 amide bonds. The third-order valence-corrected chi connectivity index (χ3v) is 5.06. The molecule has 0 heterocycles. The lowest BCUT2D eigenvalue weighted by atomic mass is 9.93. The van der Waals surface area contributed by atoms with Crippen LogP contribution in [0, 0.1) is 11.6 Å². The molecule has 0 saturated carbocycles. The highest BCUT2D eigenvalue weighted by atomic mass is 19.3. The van der Waals surface area contributed by atoms with E-state index < -0.39 is 34.8 Å². The number of unbranched alkanes of at least 4 members (excludes halogenated alkanes) is 2. The second-order valence-corrected chi connectivity index (χ2v) is 7.15. The lowest BCUT2D eigenvalue weighted by molar-refractivity contribution is -0.186. The topological polar surface area (TPSA) is 9.23 Å². The first-order valence-electron chi connectivity index (χ1n) is 9.92. The van der Waals surface area contributed by atoms with Crippen molar-refractivity contribution in [2.24, 2.45) is 0 Å². The summed E-state index contributed by atoms with van der Waals surface area (Å²) in [5.41, 5.74) is -0.247. The highest BCUT2D eigenvalue weighted by Gasteiger charge is 2.62. The van der Waals surface area contributed by atoms with Crippen LogP contribution in [0.3, 0.4) is 0 Å². The van der Waals surface area contributed by atoms with E-state index in [9.17, 15) is 26.3 Å². The van der Waals surface area contributed by atoms with E-state index in [1.807, 2.05) is 6.92 Å². The van der Waals surface area contributed by atoms with E-state index in [0.717, 1.165) is 31.4 Å². The standard InChI is InChI=1S/C22H26F6O/c1-3-5-6-8-15-10-11-16(20(24)19(15)23)9-7-14-29-18-13-12-17(4-2)21(25,26)22(18,27)28/h10-13H,3-9,14H2,1-2H3. The van der Waals surface area contributed by atoms with Gasteiger partial charge in [-0.15, -0.1) is 0 Å². The fourth-order valence-electron chi connectivity index (χ4n) is 3.25. The summed E-state index contributed by atoms with van der Waals surface area (Å²) in [4.78, 5) is 0. The molecule has 1 aliphatic carbocycles. The summed E-state index contributed by atoms with van der Waals surface area (Å²) in [6.45, 7) is 3.08.